The Labute approximate surface area is 139 Å². The third kappa shape index (κ3) is 3.60. The van der Waals surface area contributed by atoms with Crippen LogP contribution in [0.15, 0.2) is 36.4 Å². The molecule has 2 aromatic carbocycles. The fourth-order valence-corrected chi connectivity index (χ4v) is 2.29. The number of hydrogen-bond donors (Lipinski definition) is 2. The standard InChI is InChI=1S/C18H18O6/c1-22-15-9-12(10-16(23-2)17(15)24-3)14(18(20)21)8-11-5-4-6-13(19)7-11/h4-10,19H,1-3H3,(H,20,21)/b14-8+. The molecule has 0 heterocycles. The molecule has 6 nitrogen and oxygen atoms in total. The van der Waals surface area contributed by atoms with Crippen molar-refractivity contribution in [1.82, 2.24) is 0 Å². The van der Waals surface area contributed by atoms with Crippen LogP contribution >= 0.6 is 0 Å². The van der Waals surface area contributed by atoms with Gasteiger partial charge in [-0.3, -0.25) is 0 Å². The van der Waals surface area contributed by atoms with E-state index in [0.717, 1.165) is 0 Å². The smallest absolute Gasteiger partial charge is 0.336 e. The lowest BCUT2D eigenvalue weighted by atomic mass is 10.0. The highest BCUT2D eigenvalue weighted by Crippen LogP contribution is 2.40. The average Bonchev–Trinajstić information content (AvgIpc) is 2.58. The summed E-state index contributed by atoms with van der Waals surface area (Å²) in [4.78, 5) is 11.7. The zero-order valence-electron chi connectivity index (χ0n) is 13.6. The van der Waals surface area contributed by atoms with Gasteiger partial charge in [0.1, 0.15) is 5.75 Å². The minimum absolute atomic E-state index is 0.0276. The first kappa shape index (κ1) is 17.2. The maximum absolute atomic E-state index is 11.7. The molecule has 2 rings (SSSR count). The lowest BCUT2D eigenvalue weighted by molar-refractivity contribution is -0.130. The van der Waals surface area contributed by atoms with E-state index in [4.69, 9.17) is 14.2 Å². The number of phenolic OH excluding ortho intramolecular Hbond substituents is 1. The molecular weight excluding hydrogens is 312 g/mol. The lowest BCUT2D eigenvalue weighted by Gasteiger charge is -2.14. The second-order valence-corrected chi connectivity index (χ2v) is 4.87. The van der Waals surface area contributed by atoms with Gasteiger partial charge in [0.25, 0.3) is 0 Å². The normalized spacial score (nSPS) is 11.0. The molecule has 0 bridgehead atoms. The Morgan fingerprint density at radius 2 is 1.62 bits per heavy atom. The number of methoxy groups -OCH3 is 3. The molecule has 2 N–H and O–H groups in total. The zero-order valence-corrected chi connectivity index (χ0v) is 13.6. The van der Waals surface area contributed by atoms with Gasteiger partial charge >= 0.3 is 5.97 Å². The molecule has 0 aromatic heterocycles. The van der Waals surface area contributed by atoms with Gasteiger partial charge in [-0.25, -0.2) is 4.79 Å². The van der Waals surface area contributed by atoms with E-state index in [-0.39, 0.29) is 11.3 Å². The summed E-state index contributed by atoms with van der Waals surface area (Å²) in [7, 11) is 4.39. The molecule has 0 atom stereocenters. The van der Waals surface area contributed by atoms with Gasteiger partial charge in [0.15, 0.2) is 11.5 Å². The van der Waals surface area contributed by atoms with Crippen LogP contribution in [0.2, 0.25) is 0 Å². The quantitative estimate of drug-likeness (QED) is 0.625. The minimum Gasteiger partial charge on any atom is -0.508 e. The Morgan fingerprint density at radius 1 is 1.00 bits per heavy atom. The van der Waals surface area contributed by atoms with Crippen molar-refractivity contribution < 1.29 is 29.2 Å². The van der Waals surface area contributed by atoms with Crippen molar-refractivity contribution >= 4 is 17.6 Å². The van der Waals surface area contributed by atoms with Crippen LogP contribution in [0, 0.1) is 0 Å². The van der Waals surface area contributed by atoms with Crippen LogP contribution in [0.25, 0.3) is 11.6 Å². The monoisotopic (exact) mass is 330 g/mol. The average molecular weight is 330 g/mol. The molecule has 0 aliphatic heterocycles. The largest absolute Gasteiger partial charge is 0.508 e. The van der Waals surface area contributed by atoms with Gasteiger partial charge in [-0.15, -0.1) is 0 Å². The second-order valence-electron chi connectivity index (χ2n) is 4.87. The summed E-state index contributed by atoms with van der Waals surface area (Å²) >= 11 is 0. The Balaban J connectivity index is 2.62. The van der Waals surface area contributed by atoms with Crippen LogP contribution in [0.1, 0.15) is 11.1 Å². The molecule has 6 heteroatoms. The first-order valence-corrected chi connectivity index (χ1v) is 7.04. The van der Waals surface area contributed by atoms with Crippen LogP contribution in [-0.4, -0.2) is 37.5 Å². The first-order valence-electron chi connectivity index (χ1n) is 7.04. The molecule has 0 saturated carbocycles. The molecule has 126 valence electrons. The second kappa shape index (κ2) is 7.41. The molecule has 0 fully saturated rings. The molecule has 2 aromatic rings. The SMILES string of the molecule is COc1cc(/C(=C\c2cccc(O)c2)C(=O)O)cc(OC)c1OC. The predicted octanol–water partition coefficient (Wildman–Crippen LogP) is 3.04. The molecule has 0 aliphatic carbocycles. The maximum Gasteiger partial charge on any atom is 0.336 e. The zero-order chi connectivity index (χ0) is 17.7. The van der Waals surface area contributed by atoms with Crippen molar-refractivity contribution in [3.63, 3.8) is 0 Å². The Morgan fingerprint density at radius 3 is 2.08 bits per heavy atom. The summed E-state index contributed by atoms with van der Waals surface area (Å²) in [6.07, 6.45) is 1.46. The fraction of sp³-hybridized carbons (Fsp3) is 0.167. The summed E-state index contributed by atoms with van der Waals surface area (Å²) in [6, 6.07) is 9.43. The summed E-state index contributed by atoms with van der Waals surface area (Å²) < 4.78 is 15.7. The van der Waals surface area contributed by atoms with Crippen LogP contribution in [0.3, 0.4) is 0 Å². The predicted molar refractivity (Wildman–Crippen MR) is 89.7 cm³/mol. The Kier molecular flexibility index (Phi) is 5.31. The Hall–Kier alpha value is -3.15. The van der Waals surface area contributed by atoms with Crippen molar-refractivity contribution in [3.05, 3.63) is 47.5 Å². The minimum atomic E-state index is -1.12. The van der Waals surface area contributed by atoms with E-state index in [1.54, 1.807) is 24.3 Å². The number of carboxylic acid groups (broad SMARTS) is 1. The topological polar surface area (TPSA) is 85.2 Å². The van der Waals surface area contributed by atoms with E-state index in [2.05, 4.69) is 0 Å². The summed E-state index contributed by atoms with van der Waals surface area (Å²) in [5.41, 5.74) is 0.973. The fourth-order valence-electron chi connectivity index (χ4n) is 2.29. The van der Waals surface area contributed by atoms with Crippen molar-refractivity contribution in [2.75, 3.05) is 21.3 Å². The molecule has 0 radical (unpaired) electrons. The van der Waals surface area contributed by atoms with Gasteiger partial charge in [-0.1, -0.05) is 12.1 Å². The van der Waals surface area contributed by atoms with Gasteiger partial charge < -0.3 is 24.4 Å². The summed E-state index contributed by atoms with van der Waals surface area (Å²) in [5.74, 6) is 0.0293. The number of carbonyl (C=O) groups is 1. The van der Waals surface area contributed by atoms with E-state index in [9.17, 15) is 15.0 Å². The highest BCUT2D eigenvalue weighted by molar-refractivity contribution is 6.20. The van der Waals surface area contributed by atoms with Crippen molar-refractivity contribution in [1.29, 1.82) is 0 Å². The maximum atomic E-state index is 11.7. The molecular formula is C18H18O6. The van der Waals surface area contributed by atoms with Crippen molar-refractivity contribution in [3.8, 4) is 23.0 Å². The number of aliphatic carboxylic acids is 1. The number of ether oxygens (including phenoxy) is 3. The van der Waals surface area contributed by atoms with Crippen LogP contribution < -0.4 is 14.2 Å². The number of aromatic hydroxyl groups is 1. The van der Waals surface area contributed by atoms with Crippen LogP contribution in [0.4, 0.5) is 0 Å². The number of rotatable bonds is 6. The van der Waals surface area contributed by atoms with Crippen LogP contribution in [0.5, 0.6) is 23.0 Å². The first-order chi connectivity index (χ1) is 11.5. The highest BCUT2D eigenvalue weighted by Gasteiger charge is 2.18. The molecule has 0 saturated heterocycles. The van der Waals surface area contributed by atoms with Crippen LogP contribution in [-0.2, 0) is 4.79 Å². The molecule has 0 spiro atoms. The van der Waals surface area contributed by atoms with Gasteiger partial charge in [0.2, 0.25) is 5.75 Å². The van der Waals surface area contributed by atoms with E-state index < -0.39 is 5.97 Å². The number of carboxylic acids is 1. The Bertz CT molecular complexity index is 754. The van der Waals surface area contributed by atoms with E-state index in [1.807, 2.05) is 0 Å². The lowest BCUT2D eigenvalue weighted by Crippen LogP contribution is -2.02. The van der Waals surface area contributed by atoms with Gasteiger partial charge in [-0.05, 0) is 41.5 Å². The number of benzene rings is 2. The van der Waals surface area contributed by atoms with E-state index >= 15 is 0 Å². The van der Waals surface area contributed by atoms with Crippen molar-refractivity contribution in [2.45, 2.75) is 0 Å². The third-order valence-electron chi connectivity index (χ3n) is 3.39. The van der Waals surface area contributed by atoms with E-state index in [1.165, 1.54) is 39.5 Å². The molecule has 0 unspecified atom stereocenters. The van der Waals surface area contributed by atoms with Gasteiger partial charge in [0, 0.05) is 0 Å². The van der Waals surface area contributed by atoms with E-state index in [0.29, 0.717) is 28.4 Å². The molecule has 0 aliphatic rings. The summed E-state index contributed by atoms with van der Waals surface area (Å²) in [5, 5.41) is 19.1. The number of hydrogen-bond acceptors (Lipinski definition) is 5. The molecule has 0 amide bonds. The number of phenols is 1. The third-order valence-corrected chi connectivity index (χ3v) is 3.39. The highest BCUT2D eigenvalue weighted by atomic mass is 16.5. The van der Waals surface area contributed by atoms with Crippen molar-refractivity contribution in [2.24, 2.45) is 0 Å². The van der Waals surface area contributed by atoms with Gasteiger partial charge in [0.05, 0.1) is 26.9 Å². The van der Waals surface area contributed by atoms with Gasteiger partial charge in [-0.2, -0.15) is 0 Å². The molecule has 24 heavy (non-hydrogen) atoms. The summed E-state index contributed by atoms with van der Waals surface area (Å²) in [6.45, 7) is 0.